The first kappa shape index (κ1) is 20.0. The van der Waals surface area contributed by atoms with E-state index in [0.29, 0.717) is 5.56 Å². The molecule has 0 atom stereocenters. The number of methoxy groups -OCH3 is 1. The maximum atomic E-state index is 13.1. The van der Waals surface area contributed by atoms with Crippen molar-refractivity contribution in [1.29, 1.82) is 0 Å². The van der Waals surface area contributed by atoms with Gasteiger partial charge in [-0.15, -0.1) is 0 Å². The molecule has 2 aromatic heterocycles. The topological polar surface area (TPSA) is 49.1 Å². The Morgan fingerprint density at radius 2 is 1.93 bits per heavy atom. The van der Waals surface area contributed by atoms with E-state index in [4.69, 9.17) is 4.74 Å². The molecule has 8 heteroatoms. The van der Waals surface area contributed by atoms with Crippen LogP contribution in [0, 0.1) is 0 Å². The Kier molecular flexibility index (Phi) is 5.49. The molecule has 0 saturated heterocycles. The smallest absolute Gasteiger partial charge is 0.433 e. The van der Waals surface area contributed by atoms with Gasteiger partial charge in [-0.3, -0.25) is 4.68 Å². The van der Waals surface area contributed by atoms with E-state index in [2.05, 4.69) is 9.67 Å². The fourth-order valence-corrected chi connectivity index (χ4v) is 3.28. The van der Waals surface area contributed by atoms with E-state index in [1.807, 2.05) is 26.0 Å². The van der Waals surface area contributed by atoms with Crippen LogP contribution in [0.15, 0.2) is 36.5 Å². The number of ether oxygens (including phenoxy) is 1. The molecule has 3 aromatic rings. The normalized spacial score (nSPS) is 13.9. The first-order valence-electron chi connectivity index (χ1n) is 9.19. The molecule has 28 heavy (non-hydrogen) atoms. The van der Waals surface area contributed by atoms with E-state index in [0.717, 1.165) is 46.4 Å². The number of halogens is 3. The number of fused-ring (bicyclic) bond motifs is 1. The van der Waals surface area contributed by atoms with Gasteiger partial charge >= 0.3 is 12.1 Å². The Balaban J connectivity index is 0.00000109. The van der Waals surface area contributed by atoms with Crippen LogP contribution in [0.4, 0.5) is 13.2 Å². The van der Waals surface area contributed by atoms with E-state index in [9.17, 15) is 18.0 Å². The van der Waals surface area contributed by atoms with Crippen LogP contribution in [-0.2, 0) is 17.5 Å². The Hall–Kier alpha value is -2.77. The highest BCUT2D eigenvalue weighted by atomic mass is 19.4. The molecule has 1 saturated carbocycles. The van der Waals surface area contributed by atoms with Crippen molar-refractivity contribution in [3.05, 3.63) is 53.5 Å². The van der Waals surface area contributed by atoms with Crippen LogP contribution < -0.4 is 0 Å². The summed E-state index contributed by atoms with van der Waals surface area (Å²) in [6.45, 7) is 4.01. The standard InChI is InChI=1S/C18H16F3N3O2.C2H6/c1-26-17(25)11-2-5-15-12(8-11)9-14(24(15)13-3-4-13)10-23-16(6-7-22-23)18(19,20)21;1-2/h2,5-9,13H,3-4,10H2,1H3;1-2H3. The van der Waals surface area contributed by atoms with Gasteiger partial charge in [-0.1, -0.05) is 13.8 Å². The fraction of sp³-hybridized carbons (Fsp3) is 0.400. The van der Waals surface area contributed by atoms with Crippen LogP contribution in [0.5, 0.6) is 0 Å². The van der Waals surface area contributed by atoms with Gasteiger partial charge in [0.25, 0.3) is 0 Å². The van der Waals surface area contributed by atoms with Crippen LogP contribution in [-0.4, -0.2) is 27.4 Å². The van der Waals surface area contributed by atoms with Crippen LogP contribution in [0.2, 0.25) is 0 Å². The molecule has 0 spiro atoms. The van der Waals surface area contributed by atoms with Gasteiger partial charge in [0.1, 0.15) is 5.69 Å². The minimum atomic E-state index is -4.45. The van der Waals surface area contributed by atoms with Crippen molar-refractivity contribution in [2.45, 2.75) is 45.5 Å². The Morgan fingerprint density at radius 1 is 1.21 bits per heavy atom. The van der Waals surface area contributed by atoms with Crippen LogP contribution >= 0.6 is 0 Å². The maximum absolute atomic E-state index is 13.1. The van der Waals surface area contributed by atoms with Crippen molar-refractivity contribution in [3.8, 4) is 0 Å². The van der Waals surface area contributed by atoms with Gasteiger partial charge in [0.15, 0.2) is 0 Å². The molecule has 0 bridgehead atoms. The SMILES string of the molecule is CC.COC(=O)c1ccc2c(c1)cc(Cn1nccc1C(F)(F)F)n2C1CC1. The lowest BCUT2D eigenvalue weighted by Gasteiger charge is -2.13. The second-order valence-electron chi connectivity index (χ2n) is 6.37. The molecule has 0 radical (unpaired) electrons. The van der Waals surface area contributed by atoms with Crippen molar-refractivity contribution in [1.82, 2.24) is 14.3 Å². The second kappa shape index (κ2) is 7.69. The number of rotatable bonds is 4. The lowest BCUT2D eigenvalue weighted by atomic mass is 10.1. The highest BCUT2D eigenvalue weighted by Crippen LogP contribution is 2.40. The number of aromatic nitrogens is 3. The molecule has 0 unspecified atom stereocenters. The molecule has 150 valence electrons. The quantitative estimate of drug-likeness (QED) is 0.583. The molecule has 4 rings (SSSR count). The molecule has 1 aliphatic carbocycles. The Bertz CT molecular complexity index is 984. The van der Waals surface area contributed by atoms with E-state index < -0.39 is 17.8 Å². The summed E-state index contributed by atoms with van der Waals surface area (Å²) in [6, 6.07) is 8.26. The number of hydrogen-bond donors (Lipinski definition) is 0. The fourth-order valence-electron chi connectivity index (χ4n) is 3.28. The first-order chi connectivity index (χ1) is 13.4. The molecular weight excluding hydrogens is 371 g/mol. The Labute approximate surface area is 160 Å². The van der Waals surface area contributed by atoms with Gasteiger partial charge in [-0.05, 0) is 43.2 Å². The maximum Gasteiger partial charge on any atom is 0.433 e. The van der Waals surface area contributed by atoms with E-state index in [1.54, 1.807) is 12.1 Å². The van der Waals surface area contributed by atoms with E-state index >= 15 is 0 Å². The van der Waals surface area contributed by atoms with Gasteiger partial charge in [0, 0.05) is 28.8 Å². The van der Waals surface area contributed by atoms with Crippen LogP contribution in [0.1, 0.15) is 54.5 Å². The summed E-state index contributed by atoms with van der Waals surface area (Å²) in [4.78, 5) is 11.7. The highest BCUT2D eigenvalue weighted by Gasteiger charge is 2.35. The molecule has 0 N–H and O–H groups in total. The molecule has 1 aromatic carbocycles. The summed E-state index contributed by atoms with van der Waals surface area (Å²) < 4.78 is 47.1. The summed E-state index contributed by atoms with van der Waals surface area (Å²) in [5, 5.41) is 4.64. The lowest BCUT2D eigenvalue weighted by Crippen LogP contribution is -2.16. The van der Waals surface area contributed by atoms with Gasteiger partial charge < -0.3 is 9.30 Å². The largest absolute Gasteiger partial charge is 0.465 e. The molecule has 1 fully saturated rings. The minimum Gasteiger partial charge on any atom is -0.465 e. The van der Waals surface area contributed by atoms with E-state index in [1.165, 1.54) is 7.11 Å². The zero-order valence-corrected chi connectivity index (χ0v) is 16.0. The summed E-state index contributed by atoms with van der Waals surface area (Å²) >= 11 is 0. The molecule has 0 amide bonds. The van der Waals surface area contributed by atoms with Crippen molar-refractivity contribution in [2.75, 3.05) is 7.11 Å². The minimum absolute atomic E-state index is 0.0145. The summed E-state index contributed by atoms with van der Waals surface area (Å²) in [7, 11) is 1.31. The third kappa shape index (κ3) is 3.76. The third-order valence-electron chi connectivity index (χ3n) is 4.57. The number of hydrogen-bond acceptors (Lipinski definition) is 3. The van der Waals surface area contributed by atoms with Crippen LogP contribution in [0.3, 0.4) is 0 Å². The van der Waals surface area contributed by atoms with Crippen molar-refractivity contribution in [3.63, 3.8) is 0 Å². The average Bonchev–Trinajstić information content (AvgIpc) is 3.28. The van der Waals surface area contributed by atoms with Gasteiger partial charge in [0.2, 0.25) is 0 Å². The molecule has 2 heterocycles. The number of alkyl halides is 3. The van der Waals surface area contributed by atoms with Gasteiger partial charge in [-0.2, -0.15) is 18.3 Å². The average molecular weight is 393 g/mol. The molecule has 0 aliphatic heterocycles. The summed E-state index contributed by atoms with van der Waals surface area (Å²) in [6.07, 6.45) is -1.32. The lowest BCUT2D eigenvalue weighted by molar-refractivity contribution is -0.144. The summed E-state index contributed by atoms with van der Waals surface area (Å²) in [5.74, 6) is -0.445. The molecular formula is C20H22F3N3O2. The highest BCUT2D eigenvalue weighted by molar-refractivity contribution is 5.95. The molecule has 1 aliphatic rings. The summed E-state index contributed by atoms with van der Waals surface area (Å²) in [5.41, 5.74) is 1.27. The predicted octanol–water partition coefficient (Wildman–Crippen LogP) is 5.05. The first-order valence-corrected chi connectivity index (χ1v) is 9.19. The monoisotopic (exact) mass is 393 g/mol. The number of esters is 1. The second-order valence-corrected chi connectivity index (χ2v) is 6.37. The number of carbonyl (C=O) groups excluding carboxylic acids is 1. The molecule has 5 nitrogen and oxygen atoms in total. The van der Waals surface area contributed by atoms with Gasteiger partial charge in [0.05, 0.1) is 19.2 Å². The van der Waals surface area contributed by atoms with Crippen LogP contribution in [0.25, 0.3) is 10.9 Å². The van der Waals surface area contributed by atoms with E-state index in [-0.39, 0.29) is 12.6 Å². The number of benzene rings is 1. The zero-order valence-electron chi connectivity index (χ0n) is 16.0. The van der Waals surface area contributed by atoms with Crippen molar-refractivity contribution >= 4 is 16.9 Å². The number of nitrogens with zero attached hydrogens (tertiary/aromatic N) is 3. The zero-order chi connectivity index (χ0) is 20.5. The predicted molar refractivity (Wildman–Crippen MR) is 99.2 cm³/mol. The van der Waals surface area contributed by atoms with Crippen molar-refractivity contribution < 1.29 is 22.7 Å². The Morgan fingerprint density at radius 3 is 2.54 bits per heavy atom. The number of carbonyl (C=O) groups is 1. The van der Waals surface area contributed by atoms with Crippen molar-refractivity contribution in [2.24, 2.45) is 0 Å². The third-order valence-corrected chi connectivity index (χ3v) is 4.57. The van der Waals surface area contributed by atoms with Gasteiger partial charge in [-0.25, -0.2) is 4.79 Å².